The van der Waals surface area contributed by atoms with Crippen LogP contribution >= 0.6 is 0 Å². The van der Waals surface area contributed by atoms with Crippen LogP contribution in [0.25, 0.3) is 0 Å². The first kappa shape index (κ1) is 23.1. The smallest absolute Gasteiger partial charge is 0.374 e. The second-order valence-electron chi connectivity index (χ2n) is 8.33. The van der Waals surface area contributed by atoms with Gasteiger partial charge in [-0.3, -0.25) is 4.90 Å². The lowest BCUT2D eigenvalue weighted by molar-refractivity contribution is -0.0180. The molecule has 0 radical (unpaired) electrons. The summed E-state index contributed by atoms with van der Waals surface area (Å²) in [6.07, 6.45) is 3.38. The highest BCUT2D eigenvalue weighted by molar-refractivity contribution is 6.60. The summed E-state index contributed by atoms with van der Waals surface area (Å²) < 4.78 is 17.8. The quantitative estimate of drug-likeness (QED) is 0.441. The fourth-order valence-electron chi connectivity index (χ4n) is 4.13. The van der Waals surface area contributed by atoms with Crippen LogP contribution in [0, 0.1) is 0 Å². The van der Waals surface area contributed by atoms with E-state index in [9.17, 15) is 0 Å². The molecule has 0 aromatic carbocycles. The van der Waals surface area contributed by atoms with Crippen LogP contribution < -0.4 is 5.32 Å². The van der Waals surface area contributed by atoms with Crippen LogP contribution in [0.15, 0.2) is 0 Å². The average Bonchev–Trinajstić information content (AvgIpc) is 2.49. The third-order valence-corrected chi connectivity index (χ3v) is 8.64. The molecule has 0 atom stereocenters. The van der Waals surface area contributed by atoms with Crippen molar-refractivity contribution in [3.05, 3.63) is 0 Å². The molecule has 0 saturated carbocycles. The zero-order chi connectivity index (χ0) is 19.1. The number of hydrogen-bond donors (Lipinski definition) is 1. The van der Waals surface area contributed by atoms with Gasteiger partial charge in [-0.25, -0.2) is 0 Å². The van der Waals surface area contributed by atoms with Crippen LogP contribution in [-0.2, 0) is 13.3 Å². The minimum absolute atomic E-state index is 0.222. The van der Waals surface area contributed by atoms with Crippen LogP contribution in [-0.4, -0.2) is 64.2 Å². The normalized spacial score (nSPS) is 21.6. The maximum atomic E-state index is 5.94. The summed E-state index contributed by atoms with van der Waals surface area (Å²) in [6, 6.07) is 1.44. The van der Waals surface area contributed by atoms with E-state index in [1.54, 1.807) is 0 Å². The second-order valence-corrected chi connectivity index (χ2v) is 11.1. The summed E-state index contributed by atoms with van der Waals surface area (Å²) in [5.74, 6) is 0. The largest absolute Gasteiger partial charge is 0.500 e. The summed E-state index contributed by atoms with van der Waals surface area (Å²) >= 11 is 0. The van der Waals surface area contributed by atoms with Crippen molar-refractivity contribution in [1.82, 2.24) is 10.2 Å². The minimum atomic E-state index is -2.50. The van der Waals surface area contributed by atoms with Crippen molar-refractivity contribution in [1.29, 1.82) is 0 Å². The predicted octanol–water partition coefficient (Wildman–Crippen LogP) is 3.67. The van der Waals surface area contributed by atoms with Crippen molar-refractivity contribution in [2.75, 3.05) is 33.4 Å². The van der Waals surface area contributed by atoms with E-state index in [0.29, 0.717) is 25.9 Å². The molecular formula is C19H42N2O3Si. The Hall–Kier alpha value is 0.0169. The summed E-state index contributed by atoms with van der Waals surface area (Å²) in [5, 5.41) is 3.78. The fourth-order valence-corrected chi connectivity index (χ4v) is 6.74. The Labute approximate surface area is 157 Å². The molecule has 0 aliphatic carbocycles. The van der Waals surface area contributed by atoms with E-state index in [1.807, 2.05) is 20.8 Å². The maximum Gasteiger partial charge on any atom is 0.500 e. The first-order valence-electron chi connectivity index (χ1n) is 10.0. The highest BCUT2D eigenvalue weighted by atomic mass is 28.4. The molecule has 1 aliphatic rings. The number of piperidine rings is 1. The van der Waals surface area contributed by atoms with Gasteiger partial charge in [0.2, 0.25) is 0 Å². The SMILES string of the molecule is CCO[Si](CCCNC1CC(C)(C)N(C)C(C)(C)C1)(OCC)OCC. The molecule has 1 heterocycles. The van der Waals surface area contributed by atoms with Crippen molar-refractivity contribution >= 4 is 8.80 Å². The Balaban J connectivity index is 2.52. The van der Waals surface area contributed by atoms with Gasteiger partial charge in [-0.2, -0.15) is 0 Å². The highest BCUT2D eigenvalue weighted by Crippen LogP contribution is 2.36. The van der Waals surface area contributed by atoms with Crippen LogP contribution in [0.1, 0.15) is 67.7 Å². The van der Waals surface area contributed by atoms with Gasteiger partial charge >= 0.3 is 8.80 Å². The zero-order valence-electron chi connectivity index (χ0n) is 17.9. The standard InChI is InChI=1S/C19H42N2O3Si/c1-9-22-25(23-10-2,24-11-3)14-12-13-20-17-15-18(4,5)21(8)19(6,7)16-17/h17,20H,9-16H2,1-8H3. The zero-order valence-corrected chi connectivity index (χ0v) is 18.9. The van der Waals surface area contributed by atoms with E-state index in [2.05, 4.69) is 45.0 Å². The van der Waals surface area contributed by atoms with Crippen molar-refractivity contribution in [2.45, 2.75) is 90.9 Å². The van der Waals surface area contributed by atoms with Crippen molar-refractivity contribution in [3.8, 4) is 0 Å². The molecule has 1 rings (SSSR count). The molecule has 1 aliphatic heterocycles. The summed E-state index contributed by atoms with van der Waals surface area (Å²) in [5.41, 5.74) is 0.444. The first-order chi connectivity index (χ1) is 11.6. The number of hydrogen-bond acceptors (Lipinski definition) is 5. The predicted molar refractivity (Wildman–Crippen MR) is 107 cm³/mol. The third-order valence-electron chi connectivity index (χ3n) is 5.49. The molecular weight excluding hydrogens is 332 g/mol. The van der Waals surface area contributed by atoms with E-state index < -0.39 is 8.80 Å². The van der Waals surface area contributed by atoms with Crippen LogP contribution in [0.2, 0.25) is 6.04 Å². The van der Waals surface area contributed by atoms with E-state index in [-0.39, 0.29) is 11.1 Å². The van der Waals surface area contributed by atoms with Crippen molar-refractivity contribution in [3.63, 3.8) is 0 Å². The molecule has 0 aromatic heterocycles. The molecule has 1 fully saturated rings. The van der Waals surface area contributed by atoms with E-state index in [4.69, 9.17) is 13.3 Å². The van der Waals surface area contributed by atoms with E-state index >= 15 is 0 Å². The van der Waals surface area contributed by atoms with Crippen LogP contribution in [0.4, 0.5) is 0 Å². The Kier molecular flexibility index (Phi) is 9.05. The monoisotopic (exact) mass is 374 g/mol. The second kappa shape index (κ2) is 9.81. The van der Waals surface area contributed by atoms with Gasteiger partial charge in [0, 0.05) is 43.0 Å². The Morgan fingerprint density at radius 3 is 1.76 bits per heavy atom. The van der Waals surface area contributed by atoms with Gasteiger partial charge in [-0.15, -0.1) is 0 Å². The van der Waals surface area contributed by atoms with Gasteiger partial charge in [-0.1, -0.05) is 0 Å². The topological polar surface area (TPSA) is 43.0 Å². The number of nitrogens with zero attached hydrogens (tertiary/aromatic N) is 1. The van der Waals surface area contributed by atoms with Gasteiger partial charge < -0.3 is 18.6 Å². The lowest BCUT2D eigenvalue weighted by Gasteiger charge is -2.54. The third kappa shape index (κ3) is 6.59. The van der Waals surface area contributed by atoms with Crippen molar-refractivity contribution in [2.24, 2.45) is 0 Å². The average molecular weight is 375 g/mol. The molecule has 5 nitrogen and oxygen atoms in total. The van der Waals surface area contributed by atoms with Crippen LogP contribution in [0.3, 0.4) is 0 Å². The Morgan fingerprint density at radius 1 is 0.920 bits per heavy atom. The van der Waals surface area contributed by atoms with Gasteiger partial charge in [0.15, 0.2) is 0 Å². The molecule has 150 valence electrons. The van der Waals surface area contributed by atoms with E-state index in [0.717, 1.165) is 19.0 Å². The minimum Gasteiger partial charge on any atom is -0.374 e. The number of nitrogens with one attached hydrogen (secondary N) is 1. The molecule has 0 unspecified atom stereocenters. The highest BCUT2D eigenvalue weighted by Gasteiger charge is 2.43. The lowest BCUT2D eigenvalue weighted by Crippen LogP contribution is -2.62. The maximum absolute atomic E-state index is 5.94. The molecule has 1 saturated heterocycles. The fraction of sp³-hybridized carbons (Fsp3) is 1.00. The summed E-state index contributed by atoms with van der Waals surface area (Å²) in [4.78, 5) is 2.52. The Bertz CT molecular complexity index is 356. The van der Waals surface area contributed by atoms with Gasteiger partial charge in [0.05, 0.1) is 0 Å². The molecule has 0 spiro atoms. The number of likely N-dealkylation sites (tertiary alicyclic amines) is 1. The van der Waals surface area contributed by atoms with E-state index in [1.165, 1.54) is 12.8 Å². The van der Waals surface area contributed by atoms with Crippen molar-refractivity contribution < 1.29 is 13.3 Å². The van der Waals surface area contributed by atoms with Gasteiger partial charge in [-0.05, 0) is 81.3 Å². The van der Waals surface area contributed by atoms with Gasteiger partial charge in [0.1, 0.15) is 0 Å². The molecule has 0 aromatic rings. The summed E-state index contributed by atoms with van der Waals surface area (Å²) in [7, 11) is -0.246. The molecule has 6 heteroatoms. The summed E-state index contributed by atoms with van der Waals surface area (Å²) in [6.45, 7) is 18.4. The lowest BCUT2D eigenvalue weighted by atomic mass is 9.77. The molecule has 25 heavy (non-hydrogen) atoms. The Morgan fingerprint density at radius 2 is 1.36 bits per heavy atom. The first-order valence-corrected chi connectivity index (χ1v) is 11.9. The molecule has 1 N–H and O–H groups in total. The molecule has 0 bridgehead atoms. The van der Waals surface area contributed by atoms with Crippen LogP contribution in [0.5, 0.6) is 0 Å². The molecule has 0 amide bonds. The van der Waals surface area contributed by atoms with Gasteiger partial charge in [0.25, 0.3) is 0 Å². The number of rotatable bonds is 11.